The second kappa shape index (κ2) is 3.01. The maximum atomic E-state index is 13.1. The van der Waals surface area contributed by atoms with Crippen molar-refractivity contribution in [1.29, 1.82) is 0 Å². The Kier molecular flexibility index (Phi) is 1.98. The fourth-order valence-corrected chi connectivity index (χ4v) is 1.44. The lowest BCUT2D eigenvalue weighted by molar-refractivity contribution is 0.281. The summed E-state index contributed by atoms with van der Waals surface area (Å²) in [5, 5.41) is 9.69. The molecule has 2 rings (SSSR count). The van der Waals surface area contributed by atoms with Crippen molar-refractivity contribution in [3.8, 4) is 0 Å². The largest absolute Gasteiger partial charge is 0.461 e. The van der Waals surface area contributed by atoms with Crippen LogP contribution in [0, 0.1) is 5.82 Å². The van der Waals surface area contributed by atoms with Crippen LogP contribution in [0.4, 0.5) is 4.39 Å². The Hall–Kier alpha value is -1.06. The molecule has 68 valence electrons. The van der Waals surface area contributed by atoms with E-state index in [2.05, 4.69) is 0 Å². The van der Waals surface area contributed by atoms with Gasteiger partial charge in [-0.25, -0.2) is 4.39 Å². The van der Waals surface area contributed by atoms with Gasteiger partial charge in [0, 0.05) is 16.0 Å². The standard InChI is InChI=1S/C9H6ClFO2/c10-6-1-7-5(3-12)4-13-9(7)8(11)2-6/h1-2,4,12H,3H2. The zero-order valence-electron chi connectivity index (χ0n) is 6.55. The molecule has 1 heterocycles. The van der Waals surface area contributed by atoms with Crippen LogP contribution in [0.15, 0.2) is 22.8 Å². The molecule has 2 aromatic rings. The molecule has 0 amide bonds. The zero-order valence-corrected chi connectivity index (χ0v) is 7.31. The second-order valence-corrected chi connectivity index (χ2v) is 3.12. The molecule has 0 fully saturated rings. The molecule has 1 N–H and O–H groups in total. The van der Waals surface area contributed by atoms with Crippen LogP contribution in [0.25, 0.3) is 11.0 Å². The van der Waals surface area contributed by atoms with Crippen LogP contribution in [-0.4, -0.2) is 5.11 Å². The predicted octanol–water partition coefficient (Wildman–Crippen LogP) is 2.72. The molecular formula is C9H6ClFO2. The van der Waals surface area contributed by atoms with Crippen molar-refractivity contribution in [2.45, 2.75) is 6.61 Å². The number of halogens is 2. The Bertz CT molecular complexity index is 450. The van der Waals surface area contributed by atoms with E-state index in [-0.39, 0.29) is 12.2 Å². The van der Waals surface area contributed by atoms with Crippen molar-refractivity contribution >= 4 is 22.6 Å². The summed E-state index contributed by atoms with van der Waals surface area (Å²) in [6.45, 7) is -0.188. The SMILES string of the molecule is OCc1coc2c(F)cc(Cl)cc12. The minimum atomic E-state index is -0.512. The quantitative estimate of drug-likeness (QED) is 0.768. The maximum absolute atomic E-state index is 13.1. The lowest BCUT2D eigenvalue weighted by Crippen LogP contribution is -1.80. The average molecular weight is 201 g/mol. The first kappa shape index (κ1) is 8.53. The number of fused-ring (bicyclic) bond motifs is 1. The molecule has 1 aromatic heterocycles. The Morgan fingerprint density at radius 1 is 1.46 bits per heavy atom. The fraction of sp³-hybridized carbons (Fsp3) is 0.111. The summed E-state index contributed by atoms with van der Waals surface area (Å²) in [4.78, 5) is 0. The number of hydrogen-bond acceptors (Lipinski definition) is 2. The van der Waals surface area contributed by atoms with Crippen molar-refractivity contribution in [3.05, 3.63) is 34.8 Å². The lowest BCUT2D eigenvalue weighted by Gasteiger charge is -1.94. The van der Waals surface area contributed by atoms with Gasteiger partial charge in [-0.05, 0) is 12.1 Å². The highest BCUT2D eigenvalue weighted by molar-refractivity contribution is 6.31. The third-order valence-electron chi connectivity index (χ3n) is 1.84. The van der Waals surface area contributed by atoms with Gasteiger partial charge >= 0.3 is 0 Å². The van der Waals surface area contributed by atoms with Gasteiger partial charge in [-0.1, -0.05) is 11.6 Å². The minimum Gasteiger partial charge on any atom is -0.461 e. The van der Waals surface area contributed by atoms with Crippen molar-refractivity contribution in [2.24, 2.45) is 0 Å². The number of aliphatic hydroxyl groups excluding tert-OH is 1. The molecule has 13 heavy (non-hydrogen) atoms. The Morgan fingerprint density at radius 3 is 2.92 bits per heavy atom. The molecule has 0 aliphatic rings. The van der Waals surface area contributed by atoms with E-state index in [0.29, 0.717) is 16.0 Å². The van der Waals surface area contributed by atoms with Gasteiger partial charge in [-0.15, -0.1) is 0 Å². The molecule has 2 nitrogen and oxygen atoms in total. The minimum absolute atomic E-state index is 0.133. The topological polar surface area (TPSA) is 33.4 Å². The molecule has 0 radical (unpaired) electrons. The van der Waals surface area contributed by atoms with Crippen LogP contribution < -0.4 is 0 Å². The van der Waals surface area contributed by atoms with E-state index in [1.165, 1.54) is 12.3 Å². The molecule has 0 saturated carbocycles. The molecule has 4 heteroatoms. The van der Waals surface area contributed by atoms with E-state index in [0.717, 1.165) is 0 Å². The van der Waals surface area contributed by atoms with Gasteiger partial charge < -0.3 is 9.52 Å². The van der Waals surface area contributed by atoms with Gasteiger partial charge in [0.25, 0.3) is 0 Å². The molecule has 0 saturated heterocycles. The summed E-state index contributed by atoms with van der Waals surface area (Å²) in [6.07, 6.45) is 1.32. The number of aliphatic hydroxyl groups is 1. The van der Waals surface area contributed by atoms with Crippen LogP contribution in [0.5, 0.6) is 0 Å². The molecular weight excluding hydrogens is 195 g/mol. The molecule has 0 bridgehead atoms. The average Bonchev–Trinajstić information content (AvgIpc) is 2.47. The molecule has 0 spiro atoms. The first-order valence-corrected chi connectivity index (χ1v) is 4.06. The van der Waals surface area contributed by atoms with Crippen LogP contribution in [0.2, 0.25) is 5.02 Å². The van der Waals surface area contributed by atoms with Gasteiger partial charge in [-0.2, -0.15) is 0 Å². The smallest absolute Gasteiger partial charge is 0.169 e. The Balaban J connectivity index is 2.82. The van der Waals surface area contributed by atoms with Gasteiger partial charge in [0.15, 0.2) is 11.4 Å². The molecule has 0 aliphatic carbocycles. The van der Waals surface area contributed by atoms with Crippen molar-refractivity contribution in [2.75, 3.05) is 0 Å². The number of furan rings is 1. The van der Waals surface area contributed by atoms with Gasteiger partial charge in [0.1, 0.15) is 0 Å². The molecule has 0 aliphatic heterocycles. The van der Waals surface area contributed by atoms with Gasteiger partial charge in [0.2, 0.25) is 0 Å². The van der Waals surface area contributed by atoms with Gasteiger partial charge in [-0.3, -0.25) is 0 Å². The maximum Gasteiger partial charge on any atom is 0.169 e. The van der Waals surface area contributed by atoms with Crippen LogP contribution in [-0.2, 0) is 6.61 Å². The number of hydrogen-bond donors (Lipinski definition) is 1. The normalized spacial score (nSPS) is 11.0. The highest BCUT2D eigenvalue weighted by atomic mass is 35.5. The second-order valence-electron chi connectivity index (χ2n) is 2.68. The van der Waals surface area contributed by atoms with E-state index < -0.39 is 5.82 Å². The van der Waals surface area contributed by atoms with Crippen LogP contribution >= 0.6 is 11.6 Å². The zero-order chi connectivity index (χ0) is 9.42. The predicted molar refractivity (Wildman–Crippen MR) is 47.1 cm³/mol. The summed E-state index contributed by atoms with van der Waals surface area (Å²) in [7, 11) is 0. The number of rotatable bonds is 1. The van der Waals surface area contributed by atoms with Crippen molar-refractivity contribution < 1.29 is 13.9 Å². The molecule has 0 unspecified atom stereocenters. The van der Waals surface area contributed by atoms with Gasteiger partial charge in [0.05, 0.1) is 12.9 Å². The monoisotopic (exact) mass is 200 g/mol. The fourth-order valence-electron chi connectivity index (χ4n) is 1.23. The Labute approximate surface area is 78.5 Å². The third-order valence-corrected chi connectivity index (χ3v) is 2.06. The van der Waals surface area contributed by atoms with E-state index in [9.17, 15) is 4.39 Å². The van der Waals surface area contributed by atoms with Crippen LogP contribution in [0.3, 0.4) is 0 Å². The summed E-state index contributed by atoms with van der Waals surface area (Å²) >= 11 is 5.65. The lowest BCUT2D eigenvalue weighted by atomic mass is 10.2. The highest BCUT2D eigenvalue weighted by Crippen LogP contribution is 2.27. The number of benzene rings is 1. The summed E-state index contributed by atoms with van der Waals surface area (Å²) in [6, 6.07) is 2.74. The summed E-state index contributed by atoms with van der Waals surface area (Å²) in [5.41, 5.74) is 0.671. The van der Waals surface area contributed by atoms with E-state index in [1.807, 2.05) is 0 Å². The molecule has 0 atom stereocenters. The summed E-state index contributed by atoms with van der Waals surface area (Å²) < 4.78 is 18.1. The molecule has 1 aromatic carbocycles. The van der Waals surface area contributed by atoms with E-state index in [4.69, 9.17) is 21.1 Å². The highest BCUT2D eigenvalue weighted by Gasteiger charge is 2.10. The van der Waals surface area contributed by atoms with Crippen LogP contribution in [0.1, 0.15) is 5.56 Å². The third kappa shape index (κ3) is 1.30. The van der Waals surface area contributed by atoms with E-state index in [1.54, 1.807) is 6.07 Å². The van der Waals surface area contributed by atoms with Crippen molar-refractivity contribution in [3.63, 3.8) is 0 Å². The summed E-state index contributed by atoms with van der Waals surface area (Å²) in [5.74, 6) is -0.512. The first-order valence-electron chi connectivity index (χ1n) is 3.68. The Morgan fingerprint density at radius 2 is 2.23 bits per heavy atom. The first-order chi connectivity index (χ1) is 6.22. The van der Waals surface area contributed by atoms with Crippen molar-refractivity contribution in [1.82, 2.24) is 0 Å². The van der Waals surface area contributed by atoms with E-state index >= 15 is 0 Å².